The second kappa shape index (κ2) is 5.85. The Morgan fingerprint density at radius 3 is 3.00 bits per heavy atom. The first kappa shape index (κ1) is 12.9. The Bertz CT molecular complexity index is 476. The van der Waals surface area contributed by atoms with E-state index in [1.807, 2.05) is 0 Å². The molecular formula is C14H21N3O. The van der Waals surface area contributed by atoms with Crippen LogP contribution in [0.2, 0.25) is 0 Å². The van der Waals surface area contributed by atoms with E-state index in [0.717, 1.165) is 25.8 Å². The fourth-order valence-electron chi connectivity index (χ4n) is 2.20. The lowest BCUT2D eigenvalue weighted by atomic mass is 10.0. The van der Waals surface area contributed by atoms with Gasteiger partial charge in [-0.3, -0.25) is 4.79 Å². The highest BCUT2D eigenvalue weighted by atomic mass is 16.1. The largest absolute Gasteiger partial charge is 0.362 e. The number of hydrogen-bond donors (Lipinski definition) is 1. The quantitative estimate of drug-likeness (QED) is 0.831. The average molecular weight is 247 g/mol. The Kier molecular flexibility index (Phi) is 4.18. The monoisotopic (exact) mass is 247 g/mol. The molecule has 0 saturated heterocycles. The van der Waals surface area contributed by atoms with Crippen LogP contribution in [0.4, 0.5) is 5.82 Å². The van der Waals surface area contributed by atoms with Gasteiger partial charge >= 0.3 is 0 Å². The molecular weight excluding hydrogens is 226 g/mol. The summed E-state index contributed by atoms with van der Waals surface area (Å²) in [5, 5.41) is 3.27. The van der Waals surface area contributed by atoms with Gasteiger partial charge in [0.15, 0.2) is 5.82 Å². The van der Waals surface area contributed by atoms with Gasteiger partial charge in [0.2, 0.25) is 0 Å². The Morgan fingerprint density at radius 2 is 2.33 bits per heavy atom. The maximum atomic E-state index is 12.2. The van der Waals surface area contributed by atoms with E-state index in [4.69, 9.17) is 0 Å². The van der Waals surface area contributed by atoms with Gasteiger partial charge in [0.1, 0.15) is 0 Å². The molecule has 4 nitrogen and oxygen atoms in total. The molecule has 0 fully saturated rings. The third kappa shape index (κ3) is 3.22. The molecule has 0 aliphatic heterocycles. The van der Waals surface area contributed by atoms with Crippen molar-refractivity contribution in [3.63, 3.8) is 0 Å². The van der Waals surface area contributed by atoms with Crippen molar-refractivity contribution in [1.29, 1.82) is 0 Å². The third-order valence-electron chi connectivity index (χ3n) is 3.09. The predicted molar refractivity (Wildman–Crippen MR) is 73.7 cm³/mol. The zero-order valence-corrected chi connectivity index (χ0v) is 11.1. The molecule has 1 heterocycles. The summed E-state index contributed by atoms with van der Waals surface area (Å²) in [5.74, 6) is 0.939. The zero-order valence-electron chi connectivity index (χ0n) is 11.1. The van der Waals surface area contributed by atoms with Gasteiger partial charge < -0.3 is 9.88 Å². The predicted octanol–water partition coefficient (Wildman–Crippen LogP) is 2.42. The standard InChI is InChI=1S/C14H21N3O/c1-11(2)10-17-9-8-15-13(14(17)18)16-12-6-4-3-5-7-12/h3-4,8-9,11-12H,5-7,10H2,1-2H3,(H,15,16). The van der Waals surface area contributed by atoms with E-state index in [9.17, 15) is 4.79 Å². The maximum absolute atomic E-state index is 12.2. The number of nitrogens with one attached hydrogen (secondary N) is 1. The lowest BCUT2D eigenvalue weighted by molar-refractivity contribution is 0.508. The molecule has 4 heteroatoms. The van der Waals surface area contributed by atoms with E-state index < -0.39 is 0 Å². The van der Waals surface area contributed by atoms with Crippen molar-refractivity contribution in [2.45, 2.75) is 45.7 Å². The first-order chi connectivity index (χ1) is 8.66. The molecule has 0 spiro atoms. The highest BCUT2D eigenvalue weighted by Gasteiger charge is 2.13. The van der Waals surface area contributed by atoms with Gasteiger partial charge in [-0.2, -0.15) is 0 Å². The van der Waals surface area contributed by atoms with Crippen molar-refractivity contribution < 1.29 is 0 Å². The fraction of sp³-hybridized carbons (Fsp3) is 0.571. The van der Waals surface area contributed by atoms with Crippen molar-refractivity contribution >= 4 is 5.82 Å². The van der Waals surface area contributed by atoms with Gasteiger partial charge in [0.05, 0.1) is 0 Å². The molecule has 0 bridgehead atoms. The van der Waals surface area contributed by atoms with Gasteiger partial charge in [0, 0.05) is 25.0 Å². The van der Waals surface area contributed by atoms with Gasteiger partial charge in [-0.1, -0.05) is 26.0 Å². The van der Waals surface area contributed by atoms with Crippen molar-refractivity contribution in [3.05, 3.63) is 34.9 Å². The Labute approximate surface area is 108 Å². The second-order valence-electron chi connectivity index (χ2n) is 5.25. The Balaban J connectivity index is 2.13. The van der Waals surface area contributed by atoms with E-state index in [2.05, 4.69) is 36.3 Å². The topological polar surface area (TPSA) is 46.9 Å². The number of hydrogen-bond acceptors (Lipinski definition) is 3. The number of anilines is 1. The summed E-state index contributed by atoms with van der Waals surface area (Å²) in [5.41, 5.74) is -0.0132. The Morgan fingerprint density at radius 1 is 1.50 bits per heavy atom. The minimum absolute atomic E-state index is 0.0132. The molecule has 0 saturated carbocycles. The molecule has 18 heavy (non-hydrogen) atoms. The molecule has 1 N–H and O–H groups in total. The normalized spacial score (nSPS) is 19.2. The first-order valence-corrected chi connectivity index (χ1v) is 6.64. The van der Waals surface area contributed by atoms with Gasteiger partial charge in [0.25, 0.3) is 5.56 Å². The lowest BCUT2D eigenvalue weighted by Crippen LogP contribution is -2.30. The van der Waals surface area contributed by atoms with Crippen molar-refractivity contribution in [3.8, 4) is 0 Å². The Hall–Kier alpha value is -1.58. The van der Waals surface area contributed by atoms with Crippen LogP contribution in [0.1, 0.15) is 33.1 Å². The van der Waals surface area contributed by atoms with Crippen molar-refractivity contribution in [1.82, 2.24) is 9.55 Å². The van der Waals surface area contributed by atoms with Gasteiger partial charge in [-0.05, 0) is 25.2 Å². The van der Waals surface area contributed by atoms with Crippen LogP contribution in [0.15, 0.2) is 29.3 Å². The van der Waals surface area contributed by atoms with Gasteiger partial charge in [-0.25, -0.2) is 4.98 Å². The van der Waals surface area contributed by atoms with Crippen LogP contribution < -0.4 is 10.9 Å². The lowest BCUT2D eigenvalue weighted by Gasteiger charge is -2.20. The summed E-state index contributed by atoms with van der Waals surface area (Å²) in [7, 11) is 0. The third-order valence-corrected chi connectivity index (χ3v) is 3.09. The maximum Gasteiger partial charge on any atom is 0.293 e. The van der Waals surface area contributed by atoms with Crippen LogP contribution >= 0.6 is 0 Å². The first-order valence-electron chi connectivity index (χ1n) is 6.64. The van der Waals surface area contributed by atoms with Gasteiger partial charge in [-0.15, -0.1) is 0 Å². The number of allylic oxidation sites excluding steroid dienone is 1. The van der Waals surface area contributed by atoms with E-state index in [0.29, 0.717) is 17.8 Å². The van der Waals surface area contributed by atoms with Crippen molar-refractivity contribution in [2.24, 2.45) is 5.92 Å². The molecule has 0 amide bonds. The zero-order chi connectivity index (χ0) is 13.0. The molecule has 1 atom stereocenters. The van der Waals surface area contributed by atoms with Crippen LogP contribution in [-0.2, 0) is 6.54 Å². The molecule has 1 aliphatic carbocycles. The molecule has 1 aliphatic rings. The smallest absolute Gasteiger partial charge is 0.293 e. The SMILES string of the molecule is CC(C)Cn1ccnc(NC2CC=CCC2)c1=O. The molecule has 2 rings (SSSR count). The van der Waals surface area contributed by atoms with Crippen LogP contribution in [0, 0.1) is 5.92 Å². The highest BCUT2D eigenvalue weighted by Crippen LogP contribution is 2.13. The van der Waals surface area contributed by atoms with Crippen LogP contribution in [0.3, 0.4) is 0 Å². The molecule has 98 valence electrons. The molecule has 1 aromatic heterocycles. The van der Waals surface area contributed by atoms with Crippen LogP contribution in [0.25, 0.3) is 0 Å². The summed E-state index contributed by atoms with van der Waals surface area (Å²) in [4.78, 5) is 16.4. The molecule has 0 radical (unpaired) electrons. The highest BCUT2D eigenvalue weighted by molar-refractivity contribution is 5.32. The molecule has 0 aromatic carbocycles. The minimum atomic E-state index is -0.0132. The number of rotatable bonds is 4. The summed E-state index contributed by atoms with van der Waals surface area (Å²) in [6.07, 6.45) is 10.9. The second-order valence-corrected chi connectivity index (χ2v) is 5.25. The fourth-order valence-corrected chi connectivity index (χ4v) is 2.20. The number of aromatic nitrogens is 2. The average Bonchev–Trinajstić information content (AvgIpc) is 2.35. The summed E-state index contributed by atoms with van der Waals surface area (Å²) in [6, 6.07) is 0.338. The molecule has 1 aromatic rings. The van der Waals surface area contributed by atoms with E-state index in [1.54, 1.807) is 17.0 Å². The van der Waals surface area contributed by atoms with Crippen molar-refractivity contribution in [2.75, 3.05) is 5.32 Å². The number of nitrogens with zero attached hydrogens (tertiary/aromatic N) is 2. The van der Waals surface area contributed by atoms with E-state index >= 15 is 0 Å². The summed E-state index contributed by atoms with van der Waals surface area (Å²) in [6.45, 7) is 4.94. The minimum Gasteiger partial charge on any atom is -0.362 e. The molecule has 1 unspecified atom stereocenters. The summed E-state index contributed by atoms with van der Waals surface area (Å²) < 4.78 is 1.73. The summed E-state index contributed by atoms with van der Waals surface area (Å²) >= 11 is 0. The van der Waals surface area contributed by atoms with E-state index in [1.165, 1.54) is 0 Å². The van der Waals surface area contributed by atoms with Crippen LogP contribution in [0.5, 0.6) is 0 Å². The van der Waals surface area contributed by atoms with Crippen LogP contribution in [-0.4, -0.2) is 15.6 Å². The van der Waals surface area contributed by atoms with E-state index in [-0.39, 0.29) is 5.56 Å².